The Kier molecular flexibility index (Phi) is 12.0. The second-order valence-corrected chi connectivity index (χ2v) is 12.1. The lowest BCUT2D eigenvalue weighted by molar-refractivity contribution is 0.0219. The molecule has 1 fully saturated rings. The monoisotopic (exact) mass is 622 g/mol. The zero-order valence-corrected chi connectivity index (χ0v) is 26.4. The van der Waals surface area contributed by atoms with Gasteiger partial charge in [-0.3, -0.25) is 0 Å². The summed E-state index contributed by atoms with van der Waals surface area (Å²) in [5, 5.41) is 20.1. The molecule has 2 aromatic carbocycles. The third-order valence-electron chi connectivity index (χ3n) is 7.19. The van der Waals surface area contributed by atoms with E-state index < -0.39 is 28.7 Å². The van der Waals surface area contributed by atoms with Crippen molar-refractivity contribution in [3.8, 4) is 11.1 Å². The highest BCUT2D eigenvalue weighted by Crippen LogP contribution is 2.70. The number of likely N-dealkylation sites (N-methyl/N-ethyl adjacent to an activating group) is 1. The van der Waals surface area contributed by atoms with Crippen LogP contribution in [0.4, 0.5) is 10.1 Å². The maximum atomic E-state index is 16.2. The SMILES string of the molecule is C=C/C=C(\C=C/C)N1C[C@@H](CCCC)N(C)S2(OCO2)c2cc(-c3cc(C(=O)O)ccc3C(C)O)c(F)cc21.SS. The van der Waals surface area contributed by atoms with Gasteiger partial charge in [0.15, 0.2) is 6.79 Å². The summed E-state index contributed by atoms with van der Waals surface area (Å²) in [7, 11) is -0.396. The molecule has 41 heavy (non-hydrogen) atoms. The summed E-state index contributed by atoms with van der Waals surface area (Å²) in [5.41, 5.74) is 2.40. The highest BCUT2D eigenvalue weighted by molar-refractivity contribution is 8.59. The Morgan fingerprint density at radius 2 is 1.98 bits per heavy atom. The van der Waals surface area contributed by atoms with Crippen molar-refractivity contribution >= 4 is 45.8 Å². The van der Waals surface area contributed by atoms with Crippen LogP contribution in [0.5, 0.6) is 0 Å². The molecule has 0 aromatic heterocycles. The van der Waals surface area contributed by atoms with Crippen LogP contribution in [-0.2, 0) is 8.37 Å². The molecule has 2 heterocycles. The van der Waals surface area contributed by atoms with Crippen molar-refractivity contribution in [1.29, 1.82) is 0 Å². The average molecular weight is 623 g/mol. The lowest BCUT2D eigenvalue weighted by atomic mass is 9.94. The van der Waals surface area contributed by atoms with E-state index >= 15 is 4.39 Å². The second-order valence-electron chi connectivity index (χ2n) is 9.69. The second kappa shape index (κ2) is 14.8. The molecule has 11 heteroatoms. The Morgan fingerprint density at radius 3 is 2.51 bits per heavy atom. The Hall–Kier alpha value is -2.25. The van der Waals surface area contributed by atoms with E-state index in [0.717, 1.165) is 25.0 Å². The summed E-state index contributed by atoms with van der Waals surface area (Å²) in [5.74, 6) is -1.67. The summed E-state index contributed by atoms with van der Waals surface area (Å²) < 4.78 is 30.8. The molecule has 1 unspecified atom stereocenters. The number of aliphatic hydroxyl groups is 1. The summed E-state index contributed by atoms with van der Waals surface area (Å²) >= 11 is 6.44. The lowest BCUT2D eigenvalue weighted by Gasteiger charge is -2.56. The fourth-order valence-corrected chi connectivity index (χ4v) is 7.59. The average Bonchev–Trinajstić information content (AvgIpc) is 3.03. The highest BCUT2D eigenvalue weighted by atomic mass is 33.1. The summed E-state index contributed by atoms with van der Waals surface area (Å²) in [4.78, 5) is 14.5. The third kappa shape index (κ3) is 6.72. The highest BCUT2D eigenvalue weighted by Gasteiger charge is 2.46. The van der Waals surface area contributed by atoms with Gasteiger partial charge in [0, 0.05) is 37.0 Å². The molecule has 2 atom stereocenters. The van der Waals surface area contributed by atoms with E-state index in [2.05, 4.69) is 46.0 Å². The fourth-order valence-electron chi connectivity index (χ4n) is 5.15. The molecule has 1 saturated heterocycles. The van der Waals surface area contributed by atoms with Gasteiger partial charge in [0.25, 0.3) is 0 Å². The maximum absolute atomic E-state index is 16.2. The number of carbonyl (C=O) groups is 1. The van der Waals surface area contributed by atoms with Crippen molar-refractivity contribution in [1.82, 2.24) is 4.31 Å². The zero-order chi connectivity index (χ0) is 30.3. The van der Waals surface area contributed by atoms with Crippen molar-refractivity contribution in [2.75, 3.05) is 25.3 Å². The molecule has 0 saturated carbocycles. The van der Waals surface area contributed by atoms with Gasteiger partial charge in [0.05, 0.1) is 17.4 Å². The number of aliphatic hydroxyl groups excluding tert-OH is 1. The normalized spacial score (nSPS) is 20.0. The topological polar surface area (TPSA) is 82.5 Å². The molecule has 2 aliphatic rings. The molecule has 0 radical (unpaired) electrons. The molecule has 2 aliphatic heterocycles. The number of nitrogens with zero attached hydrogens (tertiary/aromatic N) is 2. The van der Waals surface area contributed by atoms with Gasteiger partial charge in [-0.2, -0.15) is 4.31 Å². The van der Waals surface area contributed by atoms with E-state index in [1.165, 1.54) is 24.3 Å². The van der Waals surface area contributed by atoms with Crippen LogP contribution < -0.4 is 4.90 Å². The van der Waals surface area contributed by atoms with Crippen molar-refractivity contribution in [2.45, 2.75) is 57.1 Å². The molecule has 7 nitrogen and oxygen atoms in total. The van der Waals surface area contributed by atoms with Gasteiger partial charge in [0.1, 0.15) is 10.7 Å². The van der Waals surface area contributed by atoms with E-state index in [1.807, 2.05) is 32.2 Å². The molecule has 0 bridgehead atoms. The summed E-state index contributed by atoms with van der Waals surface area (Å²) in [6, 6.07) is 7.59. The van der Waals surface area contributed by atoms with Gasteiger partial charge < -0.3 is 15.1 Å². The van der Waals surface area contributed by atoms with E-state index in [9.17, 15) is 15.0 Å². The van der Waals surface area contributed by atoms with Crippen molar-refractivity contribution in [2.24, 2.45) is 0 Å². The van der Waals surface area contributed by atoms with E-state index in [-0.39, 0.29) is 24.0 Å². The molecule has 2 N–H and O–H groups in total. The number of thiol groups is 2. The number of hydrogen-bond donors (Lipinski definition) is 4. The fraction of sp³-hybridized carbons (Fsp3) is 0.367. The van der Waals surface area contributed by atoms with Crippen LogP contribution >= 0.6 is 34.1 Å². The first kappa shape index (κ1) is 33.3. The van der Waals surface area contributed by atoms with Gasteiger partial charge in [-0.1, -0.05) is 55.3 Å². The molecule has 224 valence electrons. The largest absolute Gasteiger partial charge is 0.478 e. The molecule has 2 aromatic rings. The van der Waals surface area contributed by atoms with Crippen molar-refractivity contribution in [3.05, 3.63) is 83.9 Å². The van der Waals surface area contributed by atoms with Gasteiger partial charge in [-0.15, -0.1) is 23.3 Å². The Labute approximate surface area is 254 Å². The molecule has 1 spiro atoms. The van der Waals surface area contributed by atoms with E-state index in [1.54, 1.807) is 19.1 Å². The number of fused-ring (bicyclic) bond motifs is 2. The molecule has 0 amide bonds. The van der Waals surface area contributed by atoms with Crippen molar-refractivity contribution in [3.63, 3.8) is 0 Å². The number of rotatable bonds is 9. The summed E-state index contributed by atoms with van der Waals surface area (Å²) in [6.07, 6.45) is 9.51. The number of allylic oxidation sites excluding steroid dienone is 4. The zero-order valence-electron chi connectivity index (χ0n) is 23.8. The summed E-state index contributed by atoms with van der Waals surface area (Å²) in [6.45, 7) is 10.2. The number of carboxylic acids is 1. The quantitative estimate of drug-likeness (QED) is 0.129. The first-order valence-electron chi connectivity index (χ1n) is 13.4. The number of benzene rings is 2. The standard InChI is InChI=1S/C30H37FN2O5S.H2S2/c1-6-9-12-23-18-33(22(10-7-2)11-8-3)28-17-27(31)26(16-29(28)39(32(23)5)37-19-38-39)25-15-21(30(35)36)13-14-24(25)20(4)34;1-2/h7-8,10-11,13-17,20,23,34H,2,6,9,12,18-19H2,1,3-5H3,(H,35,36);1-2H/b11-8-,22-10+;/t20?,23-;/m1./s1. The number of hydrogen-bond acceptors (Lipinski definition) is 8. The molecular weight excluding hydrogens is 584 g/mol. The van der Waals surface area contributed by atoms with Crippen LogP contribution in [0.25, 0.3) is 11.1 Å². The lowest BCUT2D eigenvalue weighted by Crippen LogP contribution is -2.44. The van der Waals surface area contributed by atoms with Crippen LogP contribution in [-0.4, -0.2) is 46.9 Å². The first-order valence-corrected chi connectivity index (χ1v) is 16.4. The first-order chi connectivity index (χ1) is 19.7. The predicted molar refractivity (Wildman–Crippen MR) is 172 cm³/mol. The third-order valence-corrected chi connectivity index (χ3v) is 9.96. The van der Waals surface area contributed by atoms with Gasteiger partial charge >= 0.3 is 5.97 Å². The van der Waals surface area contributed by atoms with Gasteiger partial charge in [0.2, 0.25) is 0 Å². The number of aromatic carboxylic acids is 1. The van der Waals surface area contributed by atoms with Crippen LogP contribution in [0.2, 0.25) is 0 Å². The Morgan fingerprint density at radius 1 is 1.27 bits per heavy atom. The predicted octanol–water partition coefficient (Wildman–Crippen LogP) is 7.87. The van der Waals surface area contributed by atoms with Gasteiger partial charge in [-0.05, 0) is 61.7 Å². The minimum absolute atomic E-state index is 0.00427. The maximum Gasteiger partial charge on any atom is 0.335 e. The minimum Gasteiger partial charge on any atom is -0.478 e. The van der Waals surface area contributed by atoms with Crippen LogP contribution in [0, 0.1) is 5.82 Å². The Balaban J connectivity index is 0.00000226. The number of halogens is 1. The molecular formula is C30H39FN2O5S3. The number of carboxylic acid groups (broad SMARTS) is 1. The van der Waals surface area contributed by atoms with Gasteiger partial charge in [-0.25, -0.2) is 17.6 Å². The van der Waals surface area contributed by atoms with E-state index in [0.29, 0.717) is 28.3 Å². The Bertz CT molecular complexity index is 1310. The molecule has 0 aliphatic carbocycles. The van der Waals surface area contributed by atoms with Crippen LogP contribution in [0.15, 0.2) is 71.8 Å². The molecule has 4 rings (SSSR count). The number of unbranched alkanes of at least 4 members (excludes halogenated alkanes) is 1. The van der Waals surface area contributed by atoms with Crippen molar-refractivity contribution < 1.29 is 27.8 Å². The number of anilines is 1. The van der Waals surface area contributed by atoms with Crippen LogP contribution in [0.3, 0.4) is 0 Å². The smallest absolute Gasteiger partial charge is 0.335 e. The minimum atomic E-state index is -2.39. The van der Waals surface area contributed by atoms with E-state index in [4.69, 9.17) is 8.37 Å². The van der Waals surface area contributed by atoms with Crippen LogP contribution in [0.1, 0.15) is 62.1 Å².